The van der Waals surface area contributed by atoms with Gasteiger partial charge in [0.15, 0.2) is 0 Å². The molecule has 118 valence electrons. The molecule has 0 fully saturated rings. The molecule has 0 atom stereocenters. The summed E-state index contributed by atoms with van der Waals surface area (Å²) in [5.74, 6) is -0.366. The molecule has 0 aliphatic rings. The molecule has 0 unspecified atom stereocenters. The van der Waals surface area contributed by atoms with E-state index in [4.69, 9.17) is 4.74 Å². The van der Waals surface area contributed by atoms with E-state index in [1.165, 1.54) is 19.2 Å². The third kappa shape index (κ3) is 6.24. The molecule has 6 nitrogen and oxygen atoms in total. The SMILES string of the molecule is COC(=O)Cc1ccc(S(=O)(=O)NCCOC(C)C)cc1. The van der Waals surface area contributed by atoms with Crippen LogP contribution in [0, 0.1) is 0 Å². The summed E-state index contributed by atoms with van der Waals surface area (Å²) in [6.45, 7) is 4.30. The third-order valence-corrected chi connectivity index (χ3v) is 4.13. The van der Waals surface area contributed by atoms with Crippen LogP contribution in [0.25, 0.3) is 0 Å². The Bertz CT molecular complexity index is 551. The van der Waals surface area contributed by atoms with E-state index in [1.807, 2.05) is 13.8 Å². The number of benzene rings is 1. The number of carbonyl (C=O) groups is 1. The number of ether oxygens (including phenoxy) is 2. The summed E-state index contributed by atoms with van der Waals surface area (Å²) in [4.78, 5) is 11.3. The molecule has 1 rings (SSSR count). The molecule has 0 radical (unpaired) electrons. The van der Waals surface area contributed by atoms with Crippen LogP contribution in [-0.2, 0) is 30.7 Å². The van der Waals surface area contributed by atoms with Crippen molar-refractivity contribution in [2.24, 2.45) is 0 Å². The first-order valence-electron chi connectivity index (χ1n) is 6.62. The van der Waals surface area contributed by atoms with Crippen LogP contribution in [0.1, 0.15) is 19.4 Å². The Labute approximate surface area is 125 Å². The zero-order valence-corrected chi connectivity index (χ0v) is 13.3. The number of esters is 1. The van der Waals surface area contributed by atoms with Crippen molar-refractivity contribution in [3.8, 4) is 0 Å². The Kier molecular flexibility index (Phi) is 6.80. The molecule has 0 aliphatic carbocycles. The number of carbonyl (C=O) groups excluding carboxylic acids is 1. The highest BCUT2D eigenvalue weighted by atomic mass is 32.2. The summed E-state index contributed by atoms with van der Waals surface area (Å²) in [6.07, 6.45) is 0.180. The highest BCUT2D eigenvalue weighted by molar-refractivity contribution is 7.89. The maximum atomic E-state index is 12.0. The Morgan fingerprint density at radius 1 is 1.24 bits per heavy atom. The molecule has 1 aromatic carbocycles. The van der Waals surface area contributed by atoms with Gasteiger partial charge in [-0.05, 0) is 31.5 Å². The van der Waals surface area contributed by atoms with E-state index in [-0.39, 0.29) is 29.9 Å². The minimum atomic E-state index is -3.56. The monoisotopic (exact) mass is 315 g/mol. The molecule has 7 heteroatoms. The van der Waals surface area contributed by atoms with Gasteiger partial charge in [0.05, 0.1) is 31.1 Å². The van der Waals surface area contributed by atoms with Crippen molar-refractivity contribution < 1.29 is 22.7 Å². The molecule has 21 heavy (non-hydrogen) atoms. The fourth-order valence-electron chi connectivity index (χ4n) is 1.58. The normalized spacial score (nSPS) is 11.6. The lowest BCUT2D eigenvalue weighted by Crippen LogP contribution is -2.28. The van der Waals surface area contributed by atoms with Gasteiger partial charge < -0.3 is 9.47 Å². The summed E-state index contributed by atoms with van der Waals surface area (Å²) < 4.78 is 36.3. The molecule has 0 spiro atoms. The van der Waals surface area contributed by atoms with Crippen LogP contribution in [-0.4, -0.2) is 40.8 Å². The molecule has 0 heterocycles. The first-order valence-corrected chi connectivity index (χ1v) is 8.10. The van der Waals surface area contributed by atoms with Gasteiger partial charge in [0.2, 0.25) is 10.0 Å². The maximum Gasteiger partial charge on any atom is 0.309 e. The molecule has 0 amide bonds. The first-order chi connectivity index (χ1) is 9.85. The van der Waals surface area contributed by atoms with Crippen LogP contribution < -0.4 is 4.72 Å². The van der Waals surface area contributed by atoms with Crippen molar-refractivity contribution in [2.75, 3.05) is 20.3 Å². The highest BCUT2D eigenvalue weighted by Crippen LogP contribution is 2.11. The number of hydrogen-bond acceptors (Lipinski definition) is 5. The second kappa shape index (κ2) is 8.11. The van der Waals surface area contributed by atoms with E-state index in [0.29, 0.717) is 12.2 Å². The quantitative estimate of drug-likeness (QED) is 0.574. The molecule has 0 aromatic heterocycles. The average Bonchev–Trinajstić information content (AvgIpc) is 2.44. The van der Waals surface area contributed by atoms with E-state index in [0.717, 1.165) is 0 Å². The third-order valence-electron chi connectivity index (χ3n) is 2.66. The van der Waals surface area contributed by atoms with Crippen LogP contribution in [0.4, 0.5) is 0 Å². The standard InChI is InChI=1S/C14H21NO5S/c1-11(2)20-9-8-15-21(17,18)13-6-4-12(5-7-13)10-14(16)19-3/h4-7,11,15H,8-10H2,1-3H3. The number of sulfonamides is 1. The lowest BCUT2D eigenvalue weighted by atomic mass is 10.2. The van der Waals surface area contributed by atoms with Gasteiger partial charge in [0.1, 0.15) is 0 Å². The maximum absolute atomic E-state index is 12.0. The summed E-state index contributed by atoms with van der Waals surface area (Å²) in [7, 11) is -2.25. The second-order valence-electron chi connectivity index (χ2n) is 4.71. The first kappa shape index (κ1) is 17.6. The fraction of sp³-hybridized carbons (Fsp3) is 0.500. The van der Waals surface area contributed by atoms with Gasteiger partial charge in [0.25, 0.3) is 0 Å². The van der Waals surface area contributed by atoms with Crippen LogP contribution in [0.5, 0.6) is 0 Å². The summed E-state index contributed by atoms with van der Waals surface area (Å²) in [5, 5.41) is 0. The lowest BCUT2D eigenvalue weighted by molar-refractivity contribution is -0.139. The van der Waals surface area contributed by atoms with Crippen molar-refractivity contribution >= 4 is 16.0 Å². The molecule has 1 N–H and O–H groups in total. The van der Waals surface area contributed by atoms with Crippen LogP contribution in [0.15, 0.2) is 29.2 Å². The van der Waals surface area contributed by atoms with Gasteiger partial charge in [-0.3, -0.25) is 4.79 Å². The van der Waals surface area contributed by atoms with Crippen LogP contribution in [0.2, 0.25) is 0 Å². The van der Waals surface area contributed by atoms with Gasteiger partial charge in [-0.1, -0.05) is 12.1 Å². The topological polar surface area (TPSA) is 81.7 Å². The van der Waals surface area contributed by atoms with Crippen molar-refractivity contribution in [3.05, 3.63) is 29.8 Å². The smallest absolute Gasteiger partial charge is 0.309 e. The van der Waals surface area contributed by atoms with Crippen molar-refractivity contribution in [1.29, 1.82) is 0 Å². The Hall–Kier alpha value is -1.44. The van der Waals surface area contributed by atoms with Crippen molar-refractivity contribution in [3.63, 3.8) is 0 Å². The Morgan fingerprint density at radius 3 is 2.38 bits per heavy atom. The number of methoxy groups -OCH3 is 1. The second-order valence-corrected chi connectivity index (χ2v) is 6.48. The van der Waals surface area contributed by atoms with E-state index in [1.54, 1.807) is 12.1 Å². The predicted octanol–water partition coefficient (Wildman–Crippen LogP) is 1.11. The largest absolute Gasteiger partial charge is 0.469 e. The summed E-state index contributed by atoms with van der Waals surface area (Å²) >= 11 is 0. The van der Waals surface area contributed by atoms with E-state index in [2.05, 4.69) is 9.46 Å². The van der Waals surface area contributed by atoms with E-state index in [9.17, 15) is 13.2 Å². The van der Waals surface area contributed by atoms with E-state index < -0.39 is 10.0 Å². The van der Waals surface area contributed by atoms with Gasteiger partial charge in [-0.15, -0.1) is 0 Å². The zero-order chi connectivity index (χ0) is 15.9. The van der Waals surface area contributed by atoms with Crippen LogP contribution in [0.3, 0.4) is 0 Å². The molecular weight excluding hydrogens is 294 g/mol. The minimum Gasteiger partial charge on any atom is -0.469 e. The Morgan fingerprint density at radius 2 is 1.86 bits per heavy atom. The fourth-order valence-corrected chi connectivity index (χ4v) is 2.59. The average molecular weight is 315 g/mol. The van der Waals surface area contributed by atoms with Crippen molar-refractivity contribution in [1.82, 2.24) is 4.72 Å². The Balaban J connectivity index is 2.60. The minimum absolute atomic E-state index is 0.0621. The van der Waals surface area contributed by atoms with Gasteiger partial charge >= 0.3 is 5.97 Å². The molecule has 1 aromatic rings. The van der Waals surface area contributed by atoms with Gasteiger partial charge in [0, 0.05) is 6.54 Å². The van der Waals surface area contributed by atoms with Gasteiger partial charge in [-0.2, -0.15) is 0 Å². The van der Waals surface area contributed by atoms with Crippen molar-refractivity contribution in [2.45, 2.75) is 31.3 Å². The molecule has 0 aliphatic heterocycles. The predicted molar refractivity (Wildman–Crippen MR) is 78.4 cm³/mol. The van der Waals surface area contributed by atoms with E-state index >= 15 is 0 Å². The molecule has 0 bridgehead atoms. The zero-order valence-electron chi connectivity index (χ0n) is 12.5. The summed E-state index contributed by atoms with van der Waals surface area (Å²) in [5.41, 5.74) is 0.698. The molecule has 0 saturated carbocycles. The number of rotatable bonds is 8. The summed E-state index contributed by atoms with van der Waals surface area (Å²) in [6, 6.07) is 6.11. The highest BCUT2D eigenvalue weighted by Gasteiger charge is 2.13. The number of nitrogens with one attached hydrogen (secondary N) is 1. The lowest BCUT2D eigenvalue weighted by Gasteiger charge is -2.09. The molecule has 0 saturated heterocycles. The number of hydrogen-bond donors (Lipinski definition) is 1. The van der Waals surface area contributed by atoms with Crippen LogP contribution >= 0.6 is 0 Å². The molecular formula is C14H21NO5S. The van der Waals surface area contributed by atoms with Gasteiger partial charge in [-0.25, -0.2) is 13.1 Å².